The zero-order valence-electron chi connectivity index (χ0n) is 26.4. The van der Waals surface area contributed by atoms with Crippen LogP contribution in [-0.2, 0) is 20.9 Å². The third kappa shape index (κ3) is 10.2. The highest BCUT2D eigenvalue weighted by Gasteiger charge is 2.32. The smallest absolute Gasteiger partial charge is 0.325 e. The van der Waals surface area contributed by atoms with Gasteiger partial charge in [0.1, 0.15) is 18.4 Å². The number of guanidine groups is 1. The molecule has 0 aromatic heterocycles. The van der Waals surface area contributed by atoms with E-state index in [0.717, 1.165) is 50.6 Å². The number of hydrogen-bond donors (Lipinski definition) is 2. The molecule has 1 aromatic carbocycles. The van der Waals surface area contributed by atoms with Crippen molar-refractivity contribution < 1.29 is 23.9 Å². The van der Waals surface area contributed by atoms with Crippen LogP contribution in [0.3, 0.4) is 0 Å². The summed E-state index contributed by atoms with van der Waals surface area (Å²) in [5, 5.41) is 5.62. The number of urea groups is 1. The van der Waals surface area contributed by atoms with E-state index < -0.39 is 0 Å². The first-order valence-electron chi connectivity index (χ1n) is 15.7. The van der Waals surface area contributed by atoms with E-state index in [4.69, 9.17) is 9.47 Å². The number of hydrogen-bond acceptors (Lipinski definition) is 7. The molecule has 42 heavy (non-hydrogen) atoms. The summed E-state index contributed by atoms with van der Waals surface area (Å²) < 4.78 is 11.9. The molecule has 3 amide bonds. The van der Waals surface area contributed by atoms with Crippen molar-refractivity contribution in [3.8, 4) is 5.75 Å². The standard InChI is InChI=1S/C32H51N5O5/c1-7-8-9-17-36(6)28(38)14-11-18-41-26-15-16-27-25(19-26)20-37(31(34-27)35-32(40)33-22(2)3)21-29(39)42-30-23(4)12-10-13-24(30)5/h15-16,19,22-24,30H,7-14,17-18,20-21H2,1-6H3,(H2,33,34,35,40). The molecule has 2 N–H and O–H groups in total. The van der Waals surface area contributed by atoms with Crippen LogP contribution in [0.5, 0.6) is 5.75 Å². The third-order valence-corrected chi connectivity index (χ3v) is 7.94. The summed E-state index contributed by atoms with van der Waals surface area (Å²) in [5.74, 6) is 1.42. The van der Waals surface area contributed by atoms with Crippen molar-refractivity contribution in [2.24, 2.45) is 16.8 Å². The molecule has 1 aliphatic heterocycles. The topological polar surface area (TPSA) is 113 Å². The van der Waals surface area contributed by atoms with Gasteiger partial charge in [0.05, 0.1) is 12.3 Å². The van der Waals surface area contributed by atoms with E-state index in [-0.39, 0.29) is 36.6 Å². The van der Waals surface area contributed by atoms with Crippen molar-refractivity contribution in [1.82, 2.24) is 20.4 Å². The number of esters is 1. The van der Waals surface area contributed by atoms with Crippen molar-refractivity contribution >= 4 is 29.6 Å². The fraction of sp³-hybridized carbons (Fsp3) is 0.688. The van der Waals surface area contributed by atoms with Crippen LogP contribution in [0.4, 0.5) is 10.5 Å². The molecular formula is C32H51N5O5. The Bertz CT molecular complexity index is 1080. The number of unbranched alkanes of at least 4 members (excludes halogenated alkanes) is 2. The summed E-state index contributed by atoms with van der Waals surface area (Å²) in [7, 11) is 1.86. The number of benzene rings is 1. The Morgan fingerprint density at radius 2 is 1.86 bits per heavy atom. The second-order valence-electron chi connectivity index (χ2n) is 12.1. The predicted molar refractivity (Wildman–Crippen MR) is 165 cm³/mol. The monoisotopic (exact) mass is 585 g/mol. The molecule has 2 unspecified atom stereocenters. The minimum Gasteiger partial charge on any atom is -0.494 e. The molecule has 1 saturated carbocycles. The second kappa shape index (κ2) is 16.4. The number of fused-ring (bicyclic) bond motifs is 1. The van der Waals surface area contributed by atoms with Gasteiger partial charge in [-0.2, -0.15) is 0 Å². The number of ether oxygens (including phenoxy) is 2. The maximum atomic E-state index is 13.1. The number of nitrogens with one attached hydrogen (secondary N) is 2. The normalized spacial score (nSPS) is 19.9. The third-order valence-electron chi connectivity index (χ3n) is 7.94. The van der Waals surface area contributed by atoms with Crippen molar-refractivity contribution in [1.29, 1.82) is 0 Å². The van der Waals surface area contributed by atoms with Gasteiger partial charge >= 0.3 is 12.0 Å². The van der Waals surface area contributed by atoms with Crippen molar-refractivity contribution in [2.45, 2.75) is 105 Å². The van der Waals surface area contributed by atoms with E-state index >= 15 is 0 Å². The van der Waals surface area contributed by atoms with E-state index in [1.165, 1.54) is 0 Å². The van der Waals surface area contributed by atoms with Gasteiger partial charge in [0.25, 0.3) is 0 Å². The van der Waals surface area contributed by atoms with Gasteiger partial charge in [0, 0.05) is 38.2 Å². The SMILES string of the molecule is CCCCCN(C)C(=O)CCCOc1ccc2c(c1)CN(CC(=O)OC1C(C)CCCC1C)C(NC(=O)NC(C)C)=N2. The van der Waals surface area contributed by atoms with Gasteiger partial charge in [-0.3, -0.25) is 14.9 Å². The molecular weight excluding hydrogens is 534 g/mol. The molecule has 0 spiro atoms. The summed E-state index contributed by atoms with van der Waals surface area (Å²) in [4.78, 5) is 46.2. The van der Waals surface area contributed by atoms with Crippen LogP contribution in [0.25, 0.3) is 0 Å². The minimum atomic E-state index is -0.384. The quantitative estimate of drug-likeness (QED) is 0.238. The van der Waals surface area contributed by atoms with Crippen molar-refractivity contribution in [3.63, 3.8) is 0 Å². The molecule has 1 aromatic rings. The van der Waals surface area contributed by atoms with Crippen molar-refractivity contribution in [2.75, 3.05) is 26.7 Å². The fourth-order valence-electron chi connectivity index (χ4n) is 5.55. The van der Waals surface area contributed by atoms with E-state index in [0.29, 0.717) is 55.2 Å². The van der Waals surface area contributed by atoms with E-state index in [1.54, 1.807) is 9.80 Å². The van der Waals surface area contributed by atoms with Crippen LogP contribution in [0.1, 0.15) is 91.5 Å². The summed E-state index contributed by atoms with van der Waals surface area (Å²) in [6.07, 6.45) is 7.51. The Morgan fingerprint density at radius 1 is 1.12 bits per heavy atom. The van der Waals surface area contributed by atoms with Crippen LogP contribution in [0, 0.1) is 11.8 Å². The van der Waals surface area contributed by atoms with Gasteiger partial charge in [0.2, 0.25) is 11.9 Å². The van der Waals surface area contributed by atoms with Gasteiger partial charge in [-0.1, -0.05) is 40.0 Å². The van der Waals surface area contributed by atoms with Gasteiger partial charge in [-0.25, -0.2) is 9.79 Å². The molecule has 0 radical (unpaired) electrons. The Balaban J connectivity index is 1.63. The Morgan fingerprint density at radius 3 is 2.55 bits per heavy atom. The van der Waals surface area contributed by atoms with Crippen molar-refractivity contribution in [3.05, 3.63) is 23.8 Å². The number of carbonyl (C=O) groups excluding carboxylic acids is 3. The largest absolute Gasteiger partial charge is 0.494 e. The molecule has 2 atom stereocenters. The highest BCUT2D eigenvalue weighted by atomic mass is 16.5. The minimum absolute atomic E-state index is 0.0326. The lowest BCUT2D eigenvalue weighted by Crippen LogP contribution is -2.51. The van der Waals surface area contributed by atoms with Crippen LogP contribution < -0.4 is 15.4 Å². The van der Waals surface area contributed by atoms with Gasteiger partial charge in [-0.05, 0) is 69.6 Å². The number of aliphatic imine (C=N–C) groups is 1. The molecule has 2 aliphatic rings. The molecule has 3 rings (SSSR count). The summed E-state index contributed by atoms with van der Waals surface area (Å²) in [6.45, 7) is 11.7. The van der Waals surface area contributed by atoms with Crippen LogP contribution in [0.2, 0.25) is 0 Å². The second-order valence-corrected chi connectivity index (χ2v) is 12.1. The van der Waals surface area contributed by atoms with Crippen LogP contribution in [-0.4, -0.2) is 72.6 Å². The molecule has 10 heteroatoms. The summed E-state index contributed by atoms with van der Waals surface area (Å²) >= 11 is 0. The predicted octanol–water partition coefficient (Wildman–Crippen LogP) is 5.37. The Hall–Kier alpha value is -3.30. The Kier molecular flexibility index (Phi) is 12.9. The number of amides is 3. The molecule has 1 heterocycles. The van der Waals surface area contributed by atoms with Crippen LogP contribution in [0.15, 0.2) is 23.2 Å². The van der Waals surface area contributed by atoms with E-state index in [1.807, 2.05) is 39.1 Å². The first kappa shape index (κ1) is 33.2. The summed E-state index contributed by atoms with van der Waals surface area (Å²) in [6, 6.07) is 5.16. The first-order valence-corrected chi connectivity index (χ1v) is 15.7. The zero-order chi connectivity index (χ0) is 30.6. The molecule has 234 valence electrons. The average molecular weight is 586 g/mol. The lowest BCUT2D eigenvalue weighted by Gasteiger charge is -2.35. The fourth-order valence-corrected chi connectivity index (χ4v) is 5.55. The molecule has 1 aliphatic carbocycles. The maximum Gasteiger partial charge on any atom is 0.325 e. The maximum absolute atomic E-state index is 13.1. The highest BCUT2D eigenvalue weighted by molar-refractivity contribution is 5.99. The highest BCUT2D eigenvalue weighted by Crippen LogP contribution is 2.32. The number of rotatable bonds is 13. The molecule has 1 fully saturated rings. The van der Waals surface area contributed by atoms with Crippen LogP contribution >= 0.6 is 0 Å². The number of nitrogens with zero attached hydrogens (tertiary/aromatic N) is 3. The Labute approximate surface area is 251 Å². The average Bonchev–Trinajstić information content (AvgIpc) is 2.93. The zero-order valence-corrected chi connectivity index (χ0v) is 26.4. The first-order chi connectivity index (χ1) is 20.1. The lowest BCUT2D eigenvalue weighted by molar-refractivity contribution is -0.157. The molecule has 10 nitrogen and oxygen atoms in total. The van der Waals surface area contributed by atoms with Gasteiger partial charge < -0.3 is 24.6 Å². The summed E-state index contributed by atoms with van der Waals surface area (Å²) in [5.41, 5.74) is 1.58. The number of carbonyl (C=O) groups is 3. The van der Waals surface area contributed by atoms with E-state index in [2.05, 4.69) is 36.4 Å². The van der Waals surface area contributed by atoms with Gasteiger partial charge in [0.15, 0.2) is 0 Å². The molecule has 0 saturated heterocycles. The van der Waals surface area contributed by atoms with Gasteiger partial charge in [-0.15, -0.1) is 0 Å². The lowest BCUT2D eigenvalue weighted by atomic mass is 9.80. The van der Waals surface area contributed by atoms with E-state index in [9.17, 15) is 14.4 Å². The molecule has 0 bridgehead atoms.